The fourth-order valence-electron chi connectivity index (χ4n) is 1.84. The van der Waals surface area contributed by atoms with Crippen LogP contribution in [0.2, 0.25) is 0 Å². The fraction of sp³-hybridized carbons (Fsp3) is 0.750. The van der Waals surface area contributed by atoms with Gasteiger partial charge in [0.2, 0.25) is 5.91 Å². The lowest BCUT2D eigenvalue weighted by Gasteiger charge is -2.29. The van der Waals surface area contributed by atoms with Crippen LogP contribution in [0.15, 0.2) is 12.8 Å². The van der Waals surface area contributed by atoms with Crippen LogP contribution in [0.5, 0.6) is 0 Å². The van der Waals surface area contributed by atoms with Crippen LogP contribution >= 0.6 is 0 Å². The smallest absolute Gasteiger partial charge is 0.234 e. The van der Waals surface area contributed by atoms with Gasteiger partial charge in [-0.25, -0.2) is 0 Å². The predicted octanol–water partition coefficient (Wildman–Crippen LogP) is 0.0759. The van der Waals surface area contributed by atoms with E-state index >= 15 is 0 Å². The number of rotatable bonds is 7. The van der Waals surface area contributed by atoms with Crippen molar-refractivity contribution >= 4 is 5.91 Å². The highest BCUT2D eigenvalue weighted by Gasteiger charge is 2.17. The second-order valence-corrected chi connectivity index (χ2v) is 4.35. The van der Waals surface area contributed by atoms with Crippen LogP contribution in [0.3, 0.4) is 0 Å². The van der Waals surface area contributed by atoms with Gasteiger partial charge in [-0.2, -0.15) is 0 Å². The Morgan fingerprint density at radius 2 is 2.24 bits per heavy atom. The molecule has 1 saturated heterocycles. The predicted molar refractivity (Wildman–Crippen MR) is 67.4 cm³/mol. The van der Waals surface area contributed by atoms with E-state index in [4.69, 9.17) is 10.5 Å². The molecule has 5 nitrogen and oxygen atoms in total. The first-order valence-electron chi connectivity index (χ1n) is 6.19. The number of carbonyl (C=O) groups excluding carboxylic acids is 1. The highest BCUT2D eigenvalue weighted by molar-refractivity contribution is 5.77. The zero-order chi connectivity index (χ0) is 12.5. The standard InChI is InChI=1S/C12H23N3O2/c1-2-17-9-3-6-14-12(16)10-15-7-4-11(13)5-8-15/h2,11H,1,3-10,13H2,(H,14,16). The third kappa shape index (κ3) is 6.28. The number of hydrogen-bond donors (Lipinski definition) is 2. The number of amides is 1. The summed E-state index contributed by atoms with van der Waals surface area (Å²) in [5, 5.41) is 2.87. The Morgan fingerprint density at radius 3 is 2.88 bits per heavy atom. The summed E-state index contributed by atoms with van der Waals surface area (Å²) in [4.78, 5) is 13.7. The monoisotopic (exact) mass is 241 g/mol. The van der Waals surface area contributed by atoms with Gasteiger partial charge in [-0.05, 0) is 19.3 Å². The molecule has 0 aliphatic carbocycles. The van der Waals surface area contributed by atoms with Crippen LogP contribution in [0, 0.1) is 0 Å². The minimum atomic E-state index is 0.0825. The zero-order valence-electron chi connectivity index (χ0n) is 10.4. The molecule has 0 spiro atoms. The van der Waals surface area contributed by atoms with Crippen molar-refractivity contribution < 1.29 is 9.53 Å². The number of nitrogens with one attached hydrogen (secondary N) is 1. The Morgan fingerprint density at radius 1 is 1.53 bits per heavy atom. The highest BCUT2D eigenvalue weighted by atomic mass is 16.5. The van der Waals surface area contributed by atoms with Gasteiger partial charge in [-0.1, -0.05) is 6.58 Å². The Bertz CT molecular complexity index is 238. The molecular formula is C12H23N3O2. The van der Waals surface area contributed by atoms with E-state index < -0.39 is 0 Å². The molecule has 3 N–H and O–H groups in total. The first-order chi connectivity index (χ1) is 8.22. The van der Waals surface area contributed by atoms with E-state index in [1.54, 1.807) is 0 Å². The summed E-state index contributed by atoms with van der Waals surface area (Å²) in [5.74, 6) is 0.0825. The molecule has 0 bridgehead atoms. The van der Waals surface area contributed by atoms with Crippen molar-refractivity contribution in [3.63, 3.8) is 0 Å². The van der Waals surface area contributed by atoms with Crippen LogP contribution in [-0.2, 0) is 9.53 Å². The molecule has 5 heteroatoms. The topological polar surface area (TPSA) is 67.6 Å². The molecule has 0 radical (unpaired) electrons. The van der Waals surface area contributed by atoms with Crippen molar-refractivity contribution in [2.45, 2.75) is 25.3 Å². The molecule has 17 heavy (non-hydrogen) atoms. The lowest BCUT2D eigenvalue weighted by molar-refractivity contribution is -0.122. The lowest BCUT2D eigenvalue weighted by Crippen LogP contribution is -2.44. The van der Waals surface area contributed by atoms with Gasteiger partial charge in [0.1, 0.15) is 0 Å². The second kappa shape index (κ2) is 8.08. The maximum atomic E-state index is 11.6. The van der Waals surface area contributed by atoms with Gasteiger partial charge in [-0.3, -0.25) is 9.69 Å². The summed E-state index contributed by atoms with van der Waals surface area (Å²) in [5.41, 5.74) is 5.81. The van der Waals surface area contributed by atoms with Crippen LogP contribution in [0.25, 0.3) is 0 Å². The van der Waals surface area contributed by atoms with E-state index in [1.165, 1.54) is 6.26 Å². The average molecular weight is 241 g/mol. The molecule has 1 amide bonds. The fourth-order valence-corrected chi connectivity index (χ4v) is 1.84. The summed E-state index contributed by atoms with van der Waals surface area (Å²) in [6.45, 7) is 7.03. The van der Waals surface area contributed by atoms with Gasteiger partial charge in [0.15, 0.2) is 0 Å². The Hall–Kier alpha value is -1.07. The first kappa shape index (κ1) is 14.0. The first-order valence-corrected chi connectivity index (χ1v) is 6.19. The minimum Gasteiger partial charge on any atom is -0.502 e. The normalized spacial score (nSPS) is 17.7. The van der Waals surface area contributed by atoms with Crippen molar-refractivity contribution in [3.05, 3.63) is 12.8 Å². The van der Waals surface area contributed by atoms with Crippen molar-refractivity contribution in [2.75, 3.05) is 32.8 Å². The summed E-state index contributed by atoms with van der Waals surface area (Å²) in [7, 11) is 0. The Labute approximate surface area is 103 Å². The van der Waals surface area contributed by atoms with Crippen molar-refractivity contribution in [1.82, 2.24) is 10.2 Å². The number of nitrogens with zero attached hydrogens (tertiary/aromatic N) is 1. The van der Waals surface area contributed by atoms with Crippen molar-refractivity contribution in [1.29, 1.82) is 0 Å². The number of piperidine rings is 1. The van der Waals surface area contributed by atoms with Gasteiger partial charge >= 0.3 is 0 Å². The summed E-state index contributed by atoms with van der Waals surface area (Å²) in [6.07, 6.45) is 4.20. The van der Waals surface area contributed by atoms with E-state index in [2.05, 4.69) is 16.8 Å². The summed E-state index contributed by atoms with van der Waals surface area (Å²) < 4.78 is 4.97. The molecule has 0 atom stereocenters. The van der Waals surface area contributed by atoms with Gasteiger partial charge in [0, 0.05) is 25.7 Å². The highest BCUT2D eigenvalue weighted by Crippen LogP contribution is 2.07. The third-order valence-corrected chi connectivity index (χ3v) is 2.88. The lowest BCUT2D eigenvalue weighted by atomic mass is 10.1. The molecule has 1 aliphatic rings. The number of ether oxygens (including phenoxy) is 1. The van der Waals surface area contributed by atoms with Gasteiger partial charge in [0.05, 0.1) is 19.4 Å². The van der Waals surface area contributed by atoms with Gasteiger partial charge in [0.25, 0.3) is 0 Å². The second-order valence-electron chi connectivity index (χ2n) is 4.35. The number of likely N-dealkylation sites (tertiary alicyclic amines) is 1. The number of carbonyl (C=O) groups is 1. The van der Waals surface area contributed by atoms with Crippen molar-refractivity contribution in [2.24, 2.45) is 5.73 Å². The maximum absolute atomic E-state index is 11.6. The molecular weight excluding hydrogens is 218 g/mol. The van der Waals surface area contributed by atoms with E-state index in [1.807, 2.05) is 0 Å². The van der Waals surface area contributed by atoms with E-state index in [0.29, 0.717) is 25.7 Å². The SMILES string of the molecule is C=COCCCNC(=O)CN1CCC(N)CC1. The average Bonchev–Trinajstić information content (AvgIpc) is 2.32. The number of nitrogens with two attached hydrogens (primary N) is 1. The molecule has 1 fully saturated rings. The van der Waals surface area contributed by atoms with Crippen LogP contribution in [-0.4, -0.2) is 49.6 Å². The van der Waals surface area contributed by atoms with Crippen LogP contribution < -0.4 is 11.1 Å². The zero-order valence-corrected chi connectivity index (χ0v) is 10.4. The molecule has 1 heterocycles. The van der Waals surface area contributed by atoms with E-state index in [-0.39, 0.29) is 5.91 Å². The Balaban J connectivity index is 2.02. The largest absolute Gasteiger partial charge is 0.502 e. The number of hydrogen-bond acceptors (Lipinski definition) is 4. The molecule has 1 rings (SSSR count). The van der Waals surface area contributed by atoms with E-state index in [9.17, 15) is 4.79 Å². The Kier molecular flexibility index (Phi) is 6.65. The molecule has 0 saturated carbocycles. The molecule has 0 unspecified atom stereocenters. The van der Waals surface area contributed by atoms with Crippen molar-refractivity contribution in [3.8, 4) is 0 Å². The van der Waals surface area contributed by atoms with Crippen LogP contribution in [0.4, 0.5) is 0 Å². The summed E-state index contributed by atoms with van der Waals surface area (Å²) in [6, 6.07) is 0.311. The van der Waals surface area contributed by atoms with Crippen LogP contribution in [0.1, 0.15) is 19.3 Å². The molecule has 98 valence electrons. The van der Waals surface area contributed by atoms with Gasteiger partial charge < -0.3 is 15.8 Å². The molecule has 1 aliphatic heterocycles. The molecule has 0 aromatic rings. The third-order valence-electron chi connectivity index (χ3n) is 2.88. The minimum absolute atomic E-state index is 0.0825. The maximum Gasteiger partial charge on any atom is 0.234 e. The van der Waals surface area contributed by atoms with Gasteiger partial charge in [-0.15, -0.1) is 0 Å². The summed E-state index contributed by atoms with van der Waals surface area (Å²) >= 11 is 0. The quantitative estimate of drug-likeness (QED) is 0.489. The molecule has 0 aromatic heterocycles. The van der Waals surface area contributed by atoms with E-state index in [0.717, 1.165) is 32.4 Å². The molecule has 0 aromatic carbocycles.